The summed E-state index contributed by atoms with van der Waals surface area (Å²) in [5.74, 6) is -2.92. The summed E-state index contributed by atoms with van der Waals surface area (Å²) in [4.78, 5) is 72.9. The molecular weight excluding hydrogens is 1080 g/mol. The Balaban J connectivity index is -0.0000000943. The number of ketones is 2. The van der Waals surface area contributed by atoms with Crippen LogP contribution in [0.1, 0.15) is 299 Å². The fourth-order valence-electron chi connectivity index (χ4n) is 8.28. The van der Waals surface area contributed by atoms with E-state index in [2.05, 4.69) is 0 Å². The van der Waals surface area contributed by atoms with Gasteiger partial charge in [0.15, 0.2) is 11.6 Å². The summed E-state index contributed by atoms with van der Waals surface area (Å²) in [6.07, 6.45) is 11.7. The van der Waals surface area contributed by atoms with Crippen molar-refractivity contribution in [3.8, 4) is 0 Å². The lowest BCUT2D eigenvalue weighted by Gasteiger charge is -2.34. The van der Waals surface area contributed by atoms with Gasteiger partial charge in [-0.2, -0.15) is 0 Å². The summed E-state index contributed by atoms with van der Waals surface area (Å²) in [7, 11) is 1.59. The molecule has 0 radical (unpaired) electrons. The van der Waals surface area contributed by atoms with Gasteiger partial charge in [-0.3, -0.25) is 19.2 Å². The van der Waals surface area contributed by atoms with Crippen molar-refractivity contribution in [2.75, 3.05) is 26.9 Å². The lowest BCUT2D eigenvalue weighted by Crippen LogP contribution is -2.40. The van der Waals surface area contributed by atoms with E-state index in [-0.39, 0.29) is 78.9 Å². The van der Waals surface area contributed by atoms with Gasteiger partial charge in [-0.25, -0.2) is 0 Å². The van der Waals surface area contributed by atoms with Crippen LogP contribution in [0, 0.1) is 41.4 Å². The van der Waals surface area contributed by atoms with Crippen molar-refractivity contribution in [1.29, 1.82) is 0 Å². The molecule has 0 unspecified atom stereocenters. The number of aliphatic hydroxyl groups excluding tert-OH is 2. The molecule has 0 spiro atoms. The first-order valence-electron chi connectivity index (χ1n) is 34.9. The zero-order chi connectivity index (χ0) is 70.8. The maximum absolute atomic E-state index is 12.8. The van der Waals surface area contributed by atoms with Crippen molar-refractivity contribution in [2.24, 2.45) is 41.4 Å². The highest BCUT2D eigenvalue weighted by Crippen LogP contribution is 2.32. The number of esters is 2. The maximum Gasteiger partial charge on any atom is 0.308 e. The van der Waals surface area contributed by atoms with Crippen LogP contribution in [0.15, 0.2) is 36.0 Å². The van der Waals surface area contributed by atoms with Crippen LogP contribution in [0.5, 0.6) is 0 Å². The number of hydrogen-bond donors (Lipinski definition) is 2. The number of hydrogen-bond acceptors (Lipinski definition) is 13. The van der Waals surface area contributed by atoms with Gasteiger partial charge in [0.1, 0.15) is 18.7 Å². The number of ether oxygens (including phenoxy) is 5. The monoisotopic (exact) mass is 1240 g/mol. The second kappa shape index (κ2) is 90.4. The Morgan fingerprint density at radius 1 is 0.558 bits per heavy atom. The molecule has 13 nitrogen and oxygen atoms in total. The molecule has 86 heavy (non-hydrogen) atoms. The zero-order valence-corrected chi connectivity index (χ0v) is 63.3. The van der Waals surface area contributed by atoms with Crippen molar-refractivity contribution >= 4 is 36.1 Å². The summed E-state index contributed by atoms with van der Waals surface area (Å²) in [5.41, 5.74) is 0.865. The Kier molecular flexibility index (Phi) is 116. The first-order chi connectivity index (χ1) is 41.5. The molecule has 0 aromatic rings. The Bertz CT molecular complexity index is 1450. The molecule has 2 aliphatic rings. The van der Waals surface area contributed by atoms with Crippen molar-refractivity contribution in [3.63, 3.8) is 0 Å². The van der Waals surface area contributed by atoms with Gasteiger partial charge in [0.2, 0.25) is 0 Å². The lowest BCUT2D eigenvalue weighted by atomic mass is 9.80. The Hall–Kier alpha value is -3.36. The van der Waals surface area contributed by atoms with Gasteiger partial charge in [-0.1, -0.05) is 232 Å². The summed E-state index contributed by atoms with van der Waals surface area (Å²) in [6, 6.07) is 0. The SMILES string of the molecule is CC.CC.CC.CC.CC.CC.CC.CC.CC.CC.CC.CC.CCCO[C@H]1[C@@H](CC=O)C[C@@H](C)C(=O)/C=C/CCC[C@@H](C)OC(=O)C[C@@H](O)[C@@H]1C.CCO[C@H]1[C@@H](CC=O)C[C@@H](C)C(=O)/C=C/C(C)=C/[C@H](COC)[C@H](CC)OC(=O)C[C@@H](O)[C@@H]1C. The van der Waals surface area contributed by atoms with Crippen LogP contribution < -0.4 is 0 Å². The van der Waals surface area contributed by atoms with Gasteiger partial charge in [0.05, 0.1) is 50.0 Å². The highest BCUT2D eigenvalue weighted by molar-refractivity contribution is 5.92. The third-order valence-corrected chi connectivity index (χ3v) is 12.0. The van der Waals surface area contributed by atoms with Gasteiger partial charge < -0.3 is 43.5 Å². The van der Waals surface area contributed by atoms with E-state index in [1.807, 2.05) is 241 Å². The number of rotatable bonds is 12. The third kappa shape index (κ3) is 60.9. The van der Waals surface area contributed by atoms with E-state index < -0.39 is 48.4 Å². The molecule has 13 atom stereocenters. The highest BCUT2D eigenvalue weighted by atomic mass is 16.6. The minimum absolute atomic E-state index is 0.0315. The number of cyclic esters (lactones) is 2. The molecule has 0 amide bonds. The second-order valence-corrected chi connectivity index (χ2v) is 17.4. The van der Waals surface area contributed by atoms with Gasteiger partial charge in [-0.15, -0.1) is 0 Å². The van der Waals surface area contributed by atoms with E-state index in [0.717, 1.165) is 37.4 Å². The van der Waals surface area contributed by atoms with Crippen molar-refractivity contribution < 1.29 is 62.7 Å². The largest absolute Gasteiger partial charge is 0.463 e. The third-order valence-electron chi connectivity index (χ3n) is 12.0. The number of aldehydes is 2. The molecule has 0 fully saturated rings. The van der Waals surface area contributed by atoms with Crippen LogP contribution in [-0.4, -0.2) is 110 Å². The molecule has 0 aromatic carbocycles. The van der Waals surface area contributed by atoms with Gasteiger partial charge >= 0.3 is 11.9 Å². The summed E-state index contributed by atoms with van der Waals surface area (Å²) < 4.78 is 28.4. The lowest BCUT2D eigenvalue weighted by molar-refractivity contribution is -0.157. The van der Waals surface area contributed by atoms with Crippen LogP contribution in [0.4, 0.5) is 0 Å². The molecule has 13 heteroatoms. The molecule has 2 aliphatic heterocycles. The molecule has 522 valence electrons. The van der Waals surface area contributed by atoms with E-state index in [4.69, 9.17) is 23.7 Å². The van der Waals surface area contributed by atoms with Crippen LogP contribution in [-0.2, 0) is 52.5 Å². The second-order valence-electron chi connectivity index (χ2n) is 17.4. The molecule has 0 aromatic heterocycles. The minimum atomic E-state index is -1.00. The summed E-state index contributed by atoms with van der Waals surface area (Å²) in [6.45, 7) is 66.1. The molecule has 0 saturated carbocycles. The first-order valence-corrected chi connectivity index (χ1v) is 34.9. The predicted octanol–water partition coefficient (Wildman–Crippen LogP) is 19.6. The standard InChI is InChI=1S/C26H42O7.C23H38O6.12C2H6/c1-7-24-21(16-31-6)13-17(3)9-10-22(28)18(4)14-20(11-12-27)26(32-8-2)19(5)23(29)15-25(30)33-24;1-5-13-28-23-18(4)21(26)15-22(27)29-17(3)9-7-6-8-10-20(25)16(2)14-19(23)11-12-24;12*1-2/h9-10,12-13,18-21,23-24,26,29H,7-8,11,14-16H2,1-6H3;8,10,12,16-19,21,23,26H,5-7,9,11,13-15H2,1-4H3;12*1-2H3/b10-9+,17-13+;10-8+;;;;;;;;;;;;/t18-,19+,20+,21-,23-,24+,26-;16-,17-,18+,19+,21-,23-;;;;;;;;;;;;/m11............/s1. The van der Waals surface area contributed by atoms with Crippen LogP contribution in [0.3, 0.4) is 0 Å². The molecule has 2 heterocycles. The van der Waals surface area contributed by atoms with Gasteiger partial charge in [0.25, 0.3) is 0 Å². The Morgan fingerprint density at radius 2 is 0.942 bits per heavy atom. The Labute approximate surface area is 536 Å². The Morgan fingerprint density at radius 3 is 1.30 bits per heavy atom. The molecule has 0 aliphatic carbocycles. The molecule has 0 bridgehead atoms. The zero-order valence-electron chi connectivity index (χ0n) is 63.3. The number of methoxy groups -OCH3 is 1. The maximum atomic E-state index is 12.8. The summed E-state index contributed by atoms with van der Waals surface area (Å²) in [5, 5.41) is 21.5. The van der Waals surface area contributed by atoms with E-state index in [1.165, 1.54) is 0 Å². The summed E-state index contributed by atoms with van der Waals surface area (Å²) >= 11 is 0. The fraction of sp³-hybridized carbons (Fsp3) is 0.836. The molecule has 2 N–H and O–H groups in total. The average Bonchev–Trinajstić information content (AvgIpc) is 3.57. The topological polar surface area (TPSA) is 189 Å². The highest BCUT2D eigenvalue weighted by Gasteiger charge is 2.37. The van der Waals surface area contributed by atoms with Gasteiger partial charge in [0, 0.05) is 62.8 Å². The van der Waals surface area contributed by atoms with E-state index >= 15 is 0 Å². The number of aliphatic hydroxyl groups is 2. The quantitative estimate of drug-likeness (QED) is 0.139. The van der Waals surface area contributed by atoms with E-state index in [1.54, 1.807) is 25.3 Å². The fourth-order valence-corrected chi connectivity index (χ4v) is 8.28. The van der Waals surface area contributed by atoms with Crippen molar-refractivity contribution in [2.45, 2.75) is 336 Å². The van der Waals surface area contributed by atoms with Crippen LogP contribution in [0.25, 0.3) is 0 Å². The van der Waals surface area contributed by atoms with Crippen LogP contribution in [0.2, 0.25) is 0 Å². The average molecular weight is 1240 g/mol. The number of carbonyl (C=O) groups is 6. The minimum Gasteiger partial charge on any atom is -0.463 e. The normalized spacial score (nSPS) is 26.0. The number of carbonyl (C=O) groups excluding carboxylic acids is 6. The molecule has 2 rings (SSSR count). The smallest absolute Gasteiger partial charge is 0.308 e. The molecule has 0 saturated heterocycles. The van der Waals surface area contributed by atoms with Crippen molar-refractivity contribution in [1.82, 2.24) is 0 Å². The predicted molar refractivity (Wildman–Crippen MR) is 374 cm³/mol. The molecular formula is C73H152O13. The van der Waals surface area contributed by atoms with Crippen LogP contribution >= 0.6 is 0 Å². The van der Waals surface area contributed by atoms with E-state index in [0.29, 0.717) is 45.5 Å². The first kappa shape index (κ1) is 110. The van der Waals surface area contributed by atoms with E-state index in [9.17, 15) is 39.0 Å². The van der Waals surface area contributed by atoms with Crippen molar-refractivity contribution in [3.05, 3.63) is 36.0 Å². The van der Waals surface area contributed by atoms with Gasteiger partial charge in [-0.05, 0) is 89.7 Å². The number of allylic oxidation sites excluding steroid dienone is 5.